The van der Waals surface area contributed by atoms with Crippen molar-refractivity contribution >= 4 is 29.1 Å². The number of halogens is 5. The second-order valence-corrected chi connectivity index (χ2v) is 7.73. The van der Waals surface area contributed by atoms with E-state index in [4.69, 9.17) is 23.2 Å². The highest BCUT2D eigenvalue weighted by Crippen LogP contribution is 2.32. The third-order valence-corrected chi connectivity index (χ3v) is 5.20. The van der Waals surface area contributed by atoms with Crippen molar-refractivity contribution in [3.63, 3.8) is 0 Å². The maximum Gasteiger partial charge on any atom is 0.416 e. The van der Waals surface area contributed by atoms with Crippen LogP contribution in [0.15, 0.2) is 47.3 Å². The number of benzene rings is 2. The number of nitrogens with zero attached hydrogens (tertiary/aromatic N) is 3. The number of aromatic nitrogens is 3. The zero-order valence-electron chi connectivity index (χ0n) is 16.9. The van der Waals surface area contributed by atoms with E-state index in [0.717, 1.165) is 12.1 Å². The molecule has 3 aromatic rings. The molecule has 0 radical (unpaired) electrons. The summed E-state index contributed by atoms with van der Waals surface area (Å²) in [6.07, 6.45) is -3.72. The van der Waals surface area contributed by atoms with Crippen molar-refractivity contribution in [2.75, 3.05) is 6.54 Å². The van der Waals surface area contributed by atoms with Gasteiger partial charge in [-0.15, -0.1) is 5.10 Å². The van der Waals surface area contributed by atoms with Crippen molar-refractivity contribution in [2.24, 2.45) is 0 Å². The second-order valence-electron chi connectivity index (χ2n) is 6.89. The Balaban J connectivity index is 2.02. The number of rotatable bonds is 7. The molecule has 3 rings (SSSR count). The molecule has 11 heteroatoms. The molecule has 1 amide bonds. The molecule has 1 aromatic heterocycles. The van der Waals surface area contributed by atoms with E-state index in [-0.39, 0.29) is 29.0 Å². The lowest BCUT2D eigenvalue weighted by atomic mass is 10.1. The molecule has 0 saturated heterocycles. The Hall–Kier alpha value is -2.78. The lowest BCUT2D eigenvalue weighted by Crippen LogP contribution is -2.28. The van der Waals surface area contributed by atoms with Crippen LogP contribution in [0.25, 0.3) is 17.1 Å². The van der Waals surface area contributed by atoms with Gasteiger partial charge in [0.1, 0.15) is 0 Å². The standard InChI is InChI=1S/C21H19Cl2F3N4O2/c1-2-18(31)27-10-3-11-29-20(32)30(15-7-4-13(5-8-15)21(24,25)26)19(28-29)16-9-6-14(22)12-17(16)23/h4-9,12H,2-3,10-11H2,1H3,(H,27,31). The summed E-state index contributed by atoms with van der Waals surface area (Å²) in [5, 5.41) is 7.69. The van der Waals surface area contributed by atoms with Crippen LogP contribution in [-0.2, 0) is 17.5 Å². The van der Waals surface area contributed by atoms with Gasteiger partial charge < -0.3 is 5.32 Å². The minimum absolute atomic E-state index is 0.110. The van der Waals surface area contributed by atoms with Crippen molar-refractivity contribution in [3.05, 3.63) is 68.6 Å². The summed E-state index contributed by atoms with van der Waals surface area (Å²) in [5.41, 5.74) is -0.785. The highest BCUT2D eigenvalue weighted by Gasteiger charge is 2.30. The number of aryl methyl sites for hydroxylation is 1. The topological polar surface area (TPSA) is 68.9 Å². The largest absolute Gasteiger partial charge is 0.416 e. The van der Waals surface area contributed by atoms with Crippen molar-refractivity contribution < 1.29 is 18.0 Å². The molecule has 0 atom stereocenters. The van der Waals surface area contributed by atoms with E-state index < -0.39 is 17.4 Å². The molecule has 0 unspecified atom stereocenters. The van der Waals surface area contributed by atoms with Gasteiger partial charge in [0.2, 0.25) is 5.91 Å². The van der Waals surface area contributed by atoms with Gasteiger partial charge in [0.15, 0.2) is 5.82 Å². The summed E-state index contributed by atoms with van der Waals surface area (Å²) in [5.74, 6) is 0.0512. The van der Waals surface area contributed by atoms with Gasteiger partial charge in [-0.25, -0.2) is 14.0 Å². The molecular formula is C21H19Cl2F3N4O2. The number of amides is 1. The summed E-state index contributed by atoms with van der Waals surface area (Å²) < 4.78 is 41.2. The van der Waals surface area contributed by atoms with Crippen molar-refractivity contribution in [2.45, 2.75) is 32.5 Å². The van der Waals surface area contributed by atoms with Crippen LogP contribution in [0.1, 0.15) is 25.3 Å². The maximum absolute atomic E-state index is 13.1. The van der Waals surface area contributed by atoms with Crippen molar-refractivity contribution in [1.82, 2.24) is 19.7 Å². The van der Waals surface area contributed by atoms with E-state index in [1.807, 2.05) is 0 Å². The fraction of sp³-hybridized carbons (Fsp3) is 0.286. The van der Waals surface area contributed by atoms with Gasteiger partial charge in [0.05, 0.1) is 16.3 Å². The van der Waals surface area contributed by atoms with Crippen LogP contribution < -0.4 is 11.0 Å². The first kappa shape index (κ1) is 23.9. The zero-order valence-corrected chi connectivity index (χ0v) is 18.4. The van der Waals surface area contributed by atoms with E-state index in [9.17, 15) is 22.8 Å². The minimum Gasteiger partial charge on any atom is -0.356 e. The van der Waals surface area contributed by atoms with Crippen LogP contribution in [0, 0.1) is 0 Å². The number of alkyl halides is 3. The molecule has 0 bridgehead atoms. The highest BCUT2D eigenvalue weighted by molar-refractivity contribution is 6.36. The summed E-state index contributed by atoms with van der Waals surface area (Å²) >= 11 is 12.3. The molecule has 170 valence electrons. The predicted molar refractivity (Wildman–Crippen MR) is 116 cm³/mol. The van der Waals surface area contributed by atoms with Gasteiger partial charge in [-0.1, -0.05) is 30.1 Å². The molecule has 0 aliphatic carbocycles. The normalized spacial score (nSPS) is 11.6. The third-order valence-electron chi connectivity index (χ3n) is 4.65. The average molecular weight is 487 g/mol. The molecule has 6 nitrogen and oxygen atoms in total. The van der Waals surface area contributed by atoms with E-state index in [1.165, 1.54) is 27.4 Å². The Morgan fingerprint density at radius 2 is 1.81 bits per heavy atom. The van der Waals surface area contributed by atoms with Crippen LogP contribution in [0.3, 0.4) is 0 Å². The molecule has 0 spiro atoms. The van der Waals surface area contributed by atoms with Gasteiger partial charge in [-0.2, -0.15) is 13.2 Å². The van der Waals surface area contributed by atoms with E-state index >= 15 is 0 Å². The first-order valence-electron chi connectivity index (χ1n) is 9.71. The van der Waals surface area contributed by atoms with Crippen LogP contribution in [-0.4, -0.2) is 26.8 Å². The van der Waals surface area contributed by atoms with E-state index in [0.29, 0.717) is 30.0 Å². The number of hydrogen-bond acceptors (Lipinski definition) is 3. The molecular weight excluding hydrogens is 468 g/mol. The quantitative estimate of drug-likeness (QED) is 0.480. The van der Waals surface area contributed by atoms with Crippen LogP contribution in [0.5, 0.6) is 0 Å². The molecule has 2 aromatic carbocycles. The molecule has 32 heavy (non-hydrogen) atoms. The summed E-state index contributed by atoms with van der Waals surface area (Å²) in [6, 6.07) is 8.83. The Labute approximate surface area is 191 Å². The Kier molecular flexibility index (Phi) is 7.30. The lowest BCUT2D eigenvalue weighted by Gasteiger charge is -2.10. The number of nitrogens with one attached hydrogen (secondary N) is 1. The Bertz CT molecular complexity index is 1170. The molecule has 1 heterocycles. The smallest absolute Gasteiger partial charge is 0.356 e. The second kappa shape index (κ2) is 9.79. The molecule has 0 aliphatic heterocycles. The van der Waals surface area contributed by atoms with E-state index in [1.54, 1.807) is 19.1 Å². The van der Waals surface area contributed by atoms with Gasteiger partial charge >= 0.3 is 11.9 Å². The van der Waals surface area contributed by atoms with Crippen LogP contribution in [0.4, 0.5) is 13.2 Å². The predicted octanol–water partition coefficient (Wildman–Crippen LogP) is 4.94. The summed E-state index contributed by atoms with van der Waals surface area (Å²) in [4.78, 5) is 24.5. The molecule has 0 fully saturated rings. The van der Waals surface area contributed by atoms with Gasteiger partial charge in [0, 0.05) is 30.1 Å². The fourth-order valence-corrected chi connectivity index (χ4v) is 3.51. The maximum atomic E-state index is 13.1. The molecule has 0 aliphatic rings. The monoisotopic (exact) mass is 486 g/mol. The minimum atomic E-state index is -4.50. The SMILES string of the molecule is CCC(=O)NCCCn1nc(-c2ccc(Cl)cc2Cl)n(-c2ccc(C(F)(F)F)cc2)c1=O. The molecule has 0 saturated carbocycles. The molecule has 1 N–H and O–H groups in total. The third kappa shape index (κ3) is 5.34. The number of carbonyl (C=O) groups excluding carboxylic acids is 1. The van der Waals surface area contributed by atoms with E-state index in [2.05, 4.69) is 10.4 Å². The Morgan fingerprint density at radius 1 is 1.12 bits per heavy atom. The number of carbonyl (C=O) groups is 1. The lowest BCUT2D eigenvalue weighted by molar-refractivity contribution is -0.137. The highest BCUT2D eigenvalue weighted by atomic mass is 35.5. The van der Waals surface area contributed by atoms with Gasteiger partial charge in [-0.3, -0.25) is 4.79 Å². The Morgan fingerprint density at radius 3 is 2.41 bits per heavy atom. The first-order chi connectivity index (χ1) is 15.1. The van der Waals surface area contributed by atoms with Crippen molar-refractivity contribution in [1.29, 1.82) is 0 Å². The van der Waals surface area contributed by atoms with Crippen LogP contribution >= 0.6 is 23.2 Å². The first-order valence-corrected chi connectivity index (χ1v) is 10.5. The van der Waals surface area contributed by atoms with Crippen molar-refractivity contribution in [3.8, 4) is 17.1 Å². The van der Waals surface area contributed by atoms with Gasteiger partial charge in [0.25, 0.3) is 0 Å². The number of hydrogen-bond donors (Lipinski definition) is 1. The summed E-state index contributed by atoms with van der Waals surface area (Å²) in [6.45, 7) is 2.27. The van der Waals surface area contributed by atoms with Gasteiger partial charge in [-0.05, 0) is 48.9 Å². The fourth-order valence-electron chi connectivity index (χ4n) is 3.01. The zero-order chi connectivity index (χ0) is 23.5. The van der Waals surface area contributed by atoms with Crippen LogP contribution in [0.2, 0.25) is 10.0 Å². The average Bonchev–Trinajstić information content (AvgIpc) is 3.06. The summed E-state index contributed by atoms with van der Waals surface area (Å²) in [7, 11) is 0.